The highest BCUT2D eigenvalue weighted by Crippen LogP contribution is 2.40. The van der Waals surface area contributed by atoms with E-state index in [0.717, 1.165) is 0 Å². The Morgan fingerprint density at radius 2 is 0.850 bits per heavy atom. The van der Waals surface area contributed by atoms with Gasteiger partial charge in [-0.05, 0) is 85.6 Å². The summed E-state index contributed by atoms with van der Waals surface area (Å²) in [6.07, 6.45) is 1.50. The minimum absolute atomic E-state index is 0.102. The number of hydrogen-bond donors (Lipinski definition) is 0. The van der Waals surface area contributed by atoms with Crippen LogP contribution in [-0.2, 0) is 54.7 Å². The Hall–Kier alpha value is -9.44. The zero-order chi connectivity index (χ0) is 58.1. The number of nitriles is 4. The van der Waals surface area contributed by atoms with E-state index in [9.17, 15) is 37.9 Å². The van der Waals surface area contributed by atoms with Crippen molar-refractivity contribution in [2.75, 3.05) is 42.7 Å². The van der Waals surface area contributed by atoms with Crippen molar-refractivity contribution in [3.8, 4) is 81.7 Å². The number of rotatable bonds is 20. The Bertz CT molecular complexity index is 3670. The Kier molecular flexibility index (Phi) is 18.1. The summed E-state index contributed by atoms with van der Waals surface area (Å²) in [7, 11) is 4.28. The summed E-state index contributed by atoms with van der Waals surface area (Å²) in [4.78, 5) is 0. The van der Waals surface area contributed by atoms with Gasteiger partial charge in [-0.3, -0.25) is 18.5 Å². The van der Waals surface area contributed by atoms with Crippen LogP contribution in [0.15, 0.2) is 97.3 Å². The van der Waals surface area contributed by atoms with Gasteiger partial charge < -0.3 is 28.4 Å². The largest absolute Gasteiger partial charge is 0.494 e. The molecule has 8 aromatic rings. The number of para-hydroxylation sites is 2. The average Bonchev–Trinajstić information content (AvgIpc) is 4.31. The molecule has 0 aliphatic heterocycles. The maximum atomic E-state index is 13.9. The fourth-order valence-corrected chi connectivity index (χ4v) is 11.8. The average molecular weight is 1120 g/mol. The van der Waals surface area contributed by atoms with Crippen LogP contribution in [0.1, 0.15) is 71.1 Å². The first-order chi connectivity index (χ1) is 38.4. The fourth-order valence-electron chi connectivity index (χ4n) is 8.88. The SMILES string of the molecule is COc1cccc(OC)c1-n1c(CS(=O)(=O)[C@@H](C)[C@H](OC)c2ccc(C#N)cc2C#N)nnc1-c1ccn(C)n1.COc1cccc(OC)c1-n1c(CS(=O)(=O)[C@H](C)[C@@H](OC)c2ccc(C#N)cc2C#N)nnc1-c1ccn(C)n1. The van der Waals surface area contributed by atoms with Gasteiger partial charge in [0.2, 0.25) is 0 Å². The molecule has 0 saturated carbocycles. The van der Waals surface area contributed by atoms with Crippen LogP contribution in [0.25, 0.3) is 34.4 Å². The van der Waals surface area contributed by atoms with Crippen molar-refractivity contribution in [3.05, 3.63) is 142 Å². The van der Waals surface area contributed by atoms with E-state index < -0.39 is 53.9 Å². The van der Waals surface area contributed by atoms with Crippen LogP contribution in [0.3, 0.4) is 0 Å². The monoisotopic (exact) mass is 1120 g/mol. The summed E-state index contributed by atoms with van der Waals surface area (Å²) in [6, 6.07) is 30.8. The minimum atomic E-state index is -3.98. The molecule has 26 heteroatoms. The number of nitrogens with zero attached hydrogens (tertiary/aromatic N) is 14. The van der Waals surface area contributed by atoms with E-state index in [1.807, 2.05) is 24.3 Å². The molecular formula is C54H54N14O10S2. The zero-order valence-electron chi connectivity index (χ0n) is 45.1. The molecule has 0 saturated heterocycles. The third-order valence-electron chi connectivity index (χ3n) is 13.0. The van der Waals surface area contributed by atoms with E-state index in [1.54, 1.807) is 106 Å². The summed E-state index contributed by atoms with van der Waals surface area (Å²) in [5, 5.41) is 61.5. The molecule has 4 heterocycles. The van der Waals surface area contributed by atoms with Crippen LogP contribution in [0.5, 0.6) is 23.0 Å². The number of hydrogen-bond acceptors (Lipinski definition) is 20. The number of aromatic nitrogens is 10. The first kappa shape index (κ1) is 58.2. The lowest BCUT2D eigenvalue weighted by Gasteiger charge is -2.24. The van der Waals surface area contributed by atoms with Crippen molar-refractivity contribution in [3.63, 3.8) is 0 Å². The lowest BCUT2D eigenvalue weighted by molar-refractivity contribution is 0.102. The van der Waals surface area contributed by atoms with Crippen molar-refractivity contribution in [1.82, 2.24) is 49.1 Å². The molecule has 0 spiro atoms. The predicted molar refractivity (Wildman–Crippen MR) is 289 cm³/mol. The second-order valence-corrected chi connectivity index (χ2v) is 22.4. The van der Waals surface area contributed by atoms with Gasteiger partial charge in [0.1, 0.15) is 57.3 Å². The number of aryl methyl sites for hydroxylation is 2. The van der Waals surface area contributed by atoms with Gasteiger partial charge in [0.05, 0.1) is 97.7 Å². The summed E-state index contributed by atoms with van der Waals surface area (Å²) >= 11 is 0. The summed E-state index contributed by atoms with van der Waals surface area (Å²) < 4.78 is 95.3. The maximum absolute atomic E-state index is 13.9. The number of benzene rings is 4. The molecule has 0 amide bonds. The first-order valence-corrected chi connectivity index (χ1v) is 27.5. The van der Waals surface area contributed by atoms with Crippen LogP contribution in [0.4, 0.5) is 0 Å². The third-order valence-corrected chi connectivity index (χ3v) is 17.1. The van der Waals surface area contributed by atoms with Gasteiger partial charge in [0, 0.05) is 40.7 Å². The third kappa shape index (κ3) is 11.8. The van der Waals surface area contributed by atoms with Gasteiger partial charge in [-0.2, -0.15) is 31.2 Å². The number of sulfone groups is 2. The van der Waals surface area contributed by atoms with Gasteiger partial charge in [-0.15, -0.1) is 20.4 Å². The summed E-state index contributed by atoms with van der Waals surface area (Å²) in [5.74, 6) is 1.40. The highest BCUT2D eigenvalue weighted by atomic mass is 32.2. The quantitative estimate of drug-likeness (QED) is 0.0815. The van der Waals surface area contributed by atoms with E-state index in [1.165, 1.54) is 80.8 Å². The number of methoxy groups -OCH3 is 6. The maximum Gasteiger partial charge on any atom is 0.189 e. The minimum Gasteiger partial charge on any atom is -0.494 e. The molecular weight excluding hydrogens is 1070 g/mol. The van der Waals surface area contributed by atoms with E-state index in [4.69, 9.17) is 28.4 Å². The van der Waals surface area contributed by atoms with Crippen LogP contribution < -0.4 is 18.9 Å². The highest BCUT2D eigenvalue weighted by molar-refractivity contribution is 7.91. The normalized spacial score (nSPS) is 12.8. The van der Waals surface area contributed by atoms with Crippen LogP contribution in [-0.4, -0.2) is 119 Å². The standard InChI is InChI=1S/2C27H27N7O5S/c2*1-17(26(39-5)20-10-9-18(14-28)13-19(20)15-29)40(35,36)16-24-30-31-27(21-11-12-33(2)32-21)34(24)25-22(37-3)7-6-8-23(25)38-4/h2*6-13,17,26H,16H2,1-5H3/t2*17-,26-/m10/s1. The molecule has 4 aromatic carbocycles. The second-order valence-electron chi connectivity index (χ2n) is 17.7. The van der Waals surface area contributed by atoms with Crippen molar-refractivity contribution < 1.29 is 45.3 Å². The van der Waals surface area contributed by atoms with Gasteiger partial charge >= 0.3 is 0 Å². The lowest BCUT2D eigenvalue weighted by Crippen LogP contribution is -2.29. The van der Waals surface area contributed by atoms with Crippen molar-refractivity contribution >= 4 is 19.7 Å². The van der Waals surface area contributed by atoms with E-state index in [-0.39, 0.29) is 33.9 Å². The molecule has 0 unspecified atom stereocenters. The predicted octanol–water partition coefficient (Wildman–Crippen LogP) is 6.24. The number of ether oxygens (including phenoxy) is 6. The molecule has 8 rings (SSSR count). The van der Waals surface area contributed by atoms with Crippen molar-refractivity contribution in [2.24, 2.45) is 14.1 Å². The molecule has 0 aliphatic rings. The van der Waals surface area contributed by atoms with Crippen LogP contribution in [0, 0.1) is 45.3 Å². The molecule has 0 bridgehead atoms. The van der Waals surface area contributed by atoms with E-state index >= 15 is 0 Å². The van der Waals surface area contributed by atoms with Crippen molar-refractivity contribution in [2.45, 2.75) is 48.1 Å². The molecule has 4 aromatic heterocycles. The van der Waals surface area contributed by atoms with Gasteiger partial charge in [0.15, 0.2) is 43.0 Å². The van der Waals surface area contributed by atoms with Gasteiger partial charge in [-0.25, -0.2) is 16.8 Å². The first-order valence-electron chi connectivity index (χ1n) is 24.1. The molecule has 80 heavy (non-hydrogen) atoms. The smallest absolute Gasteiger partial charge is 0.189 e. The van der Waals surface area contributed by atoms with Gasteiger partial charge in [-0.1, -0.05) is 24.3 Å². The summed E-state index contributed by atoms with van der Waals surface area (Å²) in [5.41, 5.74) is 3.37. The Balaban J connectivity index is 0.000000231. The Labute approximate surface area is 462 Å². The van der Waals surface area contributed by atoms with Crippen molar-refractivity contribution in [1.29, 1.82) is 21.0 Å². The molecule has 24 nitrogen and oxygen atoms in total. The Morgan fingerprint density at radius 1 is 0.500 bits per heavy atom. The second kappa shape index (κ2) is 24.9. The highest BCUT2D eigenvalue weighted by Gasteiger charge is 2.37. The fraction of sp³-hybridized carbons (Fsp3) is 0.296. The van der Waals surface area contributed by atoms with Gasteiger partial charge in [0.25, 0.3) is 0 Å². The molecule has 0 radical (unpaired) electrons. The molecule has 0 fully saturated rings. The molecule has 0 aliphatic carbocycles. The van der Waals surface area contributed by atoms with E-state index in [0.29, 0.717) is 68.5 Å². The zero-order valence-corrected chi connectivity index (χ0v) is 46.8. The lowest BCUT2D eigenvalue weighted by atomic mass is 9.99. The van der Waals surface area contributed by atoms with Crippen LogP contribution in [0.2, 0.25) is 0 Å². The molecule has 4 atom stereocenters. The van der Waals surface area contributed by atoms with E-state index in [2.05, 4.69) is 30.6 Å². The molecule has 412 valence electrons. The summed E-state index contributed by atoms with van der Waals surface area (Å²) in [6.45, 7) is 3.01. The Morgan fingerprint density at radius 3 is 1.12 bits per heavy atom. The van der Waals surface area contributed by atoms with Crippen LogP contribution >= 0.6 is 0 Å². The topological polar surface area (TPSA) is 316 Å². The molecule has 0 N–H and O–H groups in total.